The van der Waals surface area contributed by atoms with E-state index in [9.17, 15) is 9.59 Å². The first-order valence-corrected chi connectivity index (χ1v) is 13.5. The molecule has 2 aliphatic rings. The van der Waals surface area contributed by atoms with Gasteiger partial charge in [-0.25, -0.2) is 0 Å². The van der Waals surface area contributed by atoms with E-state index in [2.05, 4.69) is 27.3 Å². The van der Waals surface area contributed by atoms with Crippen molar-refractivity contribution in [3.63, 3.8) is 0 Å². The third-order valence-electron chi connectivity index (χ3n) is 6.20. The number of ether oxygens (including phenoxy) is 1. The zero-order valence-electron chi connectivity index (χ0n) is 20.4. The second-order valence-electron chi connectivity index (χ2n) is 8.90. The van der Waals surface area contributed by atoms with Crippen molar-refractivity contribution in [1.82, 2.24) is 9.91 Å². The van der Waals surface area contributed by atoms with Crippen LogP contribution in [-0.4, -0.2) is 72.3 Å². The molecule has 7 nitrogen and oxygen atoms in total. The van der Waals surface area contributed by atoms with Crippen LogP contribution in [0.25, 0.3) is 0 Å². The highest BCUT2D eigenvalue weighted by molar-refractivity contribution is 7.99. The number of hydrogen-bond acceptors (Lipinski definition) is 7. The number of nitrogens with one attached hydrogen (secondary N) is 1. The summed E-state index contributed by atoms with van der Waals surface area (Å²) in [4.78, 5) is 26.9. The first-order chi connectivity index (χ1) is 17.1. The number of carbonyl (C=O) groups is 2. The Kier molecular flexibility index (Phi) is 9.20. The lowest BCUT2D eigenvalue weighted by atomic mass is 9.99. The van der Waals surface area contributed by atoms with Gasteiger partial charge in [-0.3, -0.25) is 19.5 Å². The molecule has 2 aliphatic heterocycles. The maximum Gasteiger partial charge on any atom is 0.320 e. The molecule has 2 heterocycles. The fraction of sp³-hybridized carbons (Fsp3) is 0.444. The highest BCUT2D eigenvalue weighted by Crippen LogP contribution is 2.23. The standard InChI is InChI=1S/C27H34N4O3S/c1-2-3-14-34-26(32)20-30-11-10-23-17-25(9-8-24(23)19-30)29-27(33)22-6-4-21(5-7-22)18-28-31-12-15-35-16-13-31/h4-9,17-18H,2-3,10-16,19-20H2,1H3,(H,29,33). The first kappa shape index (κ1) is 25.3. The molecule has 4 rings (SSSR count). The van der Waals surface area contributed by atoms with Gasteiger partial charge in [0.1, 0.15) is 0 Å². The lowest BCUT2D eigenvalue weighted by Gasteiger charge is -2.28. The Morgan fingerprint density at radius 1 is 1.09 bits per heavy atom. The second-order valence-corrected chi connectivity index (χ2v) is 10.1. The van der Waals surface area contributed by atoms with Crippen LogP contribution in [0, 0.1) is 0 Å². The Morgan fingerprint density at radius 3 is 2.66 bits per heavy atom. The van der Waals surface area contributed by atoms with Gasteiger partial charge in [0.15, 0.2) is 0 Å². The molecular formula is C27H34N4O3S. The van der Waals surface area contributed by atoms with Gasteiger partial charge in [-0.05, 0) is 53.8 Å². The van der Waals surface area contributed by atoms with Crippen LogP contribution in [0.5, 0.6) is 0 Å². The van der Waals surface area contributed by atoms with Crippen molar-refractivity contribution in [3.8, 4) is 0 Å². The monoisotopic (exact) mass is 494 g/mol. The molecule has 0 atom stereocenters. The van der Waals surface area contributed by atoms with Gasteiger partial charge in [-0.2, -0.15) is 16.9 Å². The van der Waals surface area contributed by atoms with Crippen molar-refractivity contribution in [3.05, 3.63) is 64.7 Å². The van der Waals surface area contributed by atoms with Gasteiger partial charge in [-0.1, -0.05) is 31.5 Å². The Labute approximate surface area is 211 Å². The van der Waals surface area contributed by atoms with Crippen LogP contribution >= 0.6 is 11.8 Å². The van der Waals surface area contributed by atoms with Crippen LogP contribution in [0.1, 0.15) is 46.8 Å². The minimum Gasteiger partial charge on any atom is -0.465 e. The van der Waals surface area contributed by atoms with Crippen molar-refractivity contribution in [2.75, 3.05) is 49.6 Å². The van der Waals surface area contributed by atoms with E-state index in [1.165, 1.54) is 11.1 Å². The number of benzene rings is 2. The van der Waals surface area contributed by atoms with Crippen LogP contribution in [-0.2, 0) is 22.5 Å². The lowest BCUT2D eigenvalue weighted by Crippen LogP contribution is -2.35. The number of fused-ring (bicyclic) bond motifs is 1. The minimum atomic E-state index is -0.159. The van der Waals surface area contributed by atoms with E-state index in [1.807, 2.05) is 60.4 Å². The second kappa shape index (κ2) is 12.7. The summed E-state index contributed by atoms with van der Waals surface area (Å²) in [5, 5.41) is 9.64. The molecule has 0 radical (unpaired) electrons. The number of hydrazone groups is 1. The highest BCUT2D eigenvalue weighted by Gasteiger charge is 2.20. The summed E-state index contributed by atoms with van der Waals surface area (Å²) < 4.78 is 5.29. The number of nitrogens with zero attached hydrogens (tertiary/aromatic N) is 3. The van der Waals surface area contributed by atoms with Gasteiger partial charge in [0.05, 0.1) is 19.4 Å². The molecular weight excluding hydrogens is 460 g/mol. The van der Waals surface area contributed by atoms with Crippen LogP contribution < -0.4 is 5.32 Å². The van der Waals surface area contributed by atoms with E-state index in [4.69, 9.17) is 4.74 Å². The molecule has 186 valence electrons. The molecule has 1 N–H and O–H groups in total. The molecule has 0 bridgehead atoms. The molecule has 0 unspecified atom stereocenters. The van der Waals surface area contributed by atoms with Crippen molar-refractivity contribution in [2.24, 2.45) is 5.10 Å². The summed E-state index contributed by atoms with van der Waals surface area (Å²) in [6.07, 6.45) is 4.61. The third-order valence-corrected chi connectivity index (χ3v) is 7.14. The molecule has 35 heavy (non-hydrogen) atoms. The lowest BCUT2D eigenvalue weighted by molar-refractivity contribution is -0.145. The number of carbonyl (C=O) groups excluding carboxylic acids is 2. The van der Waals surface area contributed by atoms with Crippen LogP contribution in [0.3, 0.4) is 0 Å². The number of anilines is 1. The summed E-state index contributed by atoms with van der Waals surface area (Å²) in [5.41, 5.74) is 4.77. The number of unbranched alkanes of at least 4 members (excludes halogenated alkanes) is 1. The predicted molar refractivity (Wildman–Crippen MR) is 142 cm³/mol. The van der Waals surface area contributed by atoms with Crippen molar-refractivity contribution in [2.45, 2.75) is 32.7 Å². The smallest absolute Gasteiger partial charge is 0.320 e. The molecule has 0 aromatic heterocycles. The van der Waals surface area contributed by atoms with E-state index >= 15 is 0 Å². The summed E-state index contributed by atoms with van der Waals surface area (Å²) in [6.45, 7) is 6.36. The average Bonchev–Trinajstić information content (AvgIpc) is 2.88. The van der Waals surface area contributed by atoms with E-state index in [-0.39, 0.29) is 11.9 Å². The number of rotatable bonds is 9. The Balaban J connectivity index is 1.28. The third kappa shape index (κ3) is 7.57. The Morgan fingerprint density at radius 2 is 1.89 bits per heavy atom. The summed E-state index contributed by atoms with van der Waals surface area (Å²) in [7, 11) is 0. The molecule has 8 heteroatoms. The maximum absolute atomic E-state index is 12.8. The minimum absolute atomic E-state index is 0.131. The number of hydrogen-bond donors (Lipinski definition) is 1. The normalized spacial score (nSPS) is 16.2. The molecule has 0 aliphatic carbocycles. The summed E-state index contributed by atoms with van der Waals surface area (Å²) in [5.74, 6) is 1.94. The van der Waals surface area contributed by atoms with Gasteiger partial charge in [-0.15, -0.1) is 0 Å². The summed E-state index contributed by atoms with van der Waals surface area (Å²) in [6, 6.07) is 13.5. The molecule has 0 saturated carbocycles. The fourth-order valence-corrected chi connectivity index (χ4v) is 5.01. The maximum atomic E-state index is 12.8. The van der Waals surface area contributed by atoms with Crippen molar-refractivity contribution < 1.29 is 14.3 Å². The van der Waals surface area contributed by atoms with Gasteiger partial charge < -0.3 is 10.1 Å². The first-order valence-electron chi connectivity index (χ1n) is 12.4. The van der Waals surface area contributed by atoms with Crippen LogP contribution in [0.15, 0.2) is 47.6 Å². The molecule has 1 fully saturated rings. The van der Waals surface area contributed by atoms with Crippen LogP contribution in [0.4, 0.5) is 5.69 Å². The van der Waals surface area contributed by atoms with Gasteiger partial charge >= 0.3 is 5.97 Å². The zero-order chi connectivity index (χ0) is 24.5. The van der Waals surface area contributed by atoms with Gasteiger partial charge in [0, 0.05) is 48.9 Å². The SMILES string of the molecule is CCCCOC(=O)CN1CCc2cc(NC(=O)c3ccc(C=NN4CCSCC4)cc3)ccc2C1. The number of thioether (sulfide) groups is 1. The van der Waals surface area contributed by atoms with E-state index in [1.54, 1.807) is 0 Å². The molecule has 1 saturated heterocycles. The molecule has 0 spiro atoms. The van der Waals surface area contributed by atoms with Gasteiger partial charge in [0.25, 0.3) is 5.91 Å². The Hall–Kier alpha value is -2.84. The molecule has 2 aromatic rings. The van der Waals surface area contributed by atoms with E-state index < -0.39 is 0 Å². The largest absolute Gasteiger partial charge is 0.465 e. The van der Waals surface area contributed by atoms with Gasteiger partial charge in [0.2, 0.25) is 0 Å². The quantitative estimate of drug-likeness (QED) is 0.322. The average molecular weight is 495 g/mol. The van der Waals surface area contributed by atoms with Crippen molar-refractivity contribution in [1.29, 1.82) is 0 Å². The van der Waals surface area contributed by atoms with E-state index in [0.717, 1.165) is 61.7 Å². The van der Waals surface area contributed by atoms with Crippen molar-refractivity contribution >= 4 is 35.5 Å². The summed E-state index contributed by atoms with van der Waals surface area (Å²) >= 11 is 1.96. The van der Waals surface area contributed by atoms with E-state index in [0.29, 0.717) is 25.3 Å². The number of esters is 1. The fourth-order valence-electron chi connectivity index (χ4n) is 4.12. The highest BCUT2D eigenvalue weighted by atomic mass is 32.2. The molecule has 2 aromatic carbocycles. The number of amides is 1. The van der Waals surface area contributed by atoms with Crippen LogP contribution in [0.2, 0.25) is 0 Å². The topological polar surface area (TPSA) is 74.2 Å². The zero-order valence-corrected chi connectivity index (χ0v) is 21.2. The Bertz CT molecular complexity index is 1040. The predicted octanol–water partition coefficient (Wildman–Crippen LogP) is 4.02. The molecule has 1 amide bonds.